The Morgan fingerprint density at radius 1 is 1.16 bits per heavy atom. The Balaban J connectivity index is 2.24. The molecular formula is C15H14N4O6. The van der Waals surface area contributed by atoms with Crippen LogP contribution in [0.1, 0.15) is 18.4 Å². The summed E-state index contributed by atoms with van der Waals surface area (Å²) < 4.78 is 0. The molecule has 0 saturated heterocycles. The molecule has 0 aliphatic rings. The number of aliphatic imine (C=N–C) groups is 1. The molecule has 2 aromatic rings. The third-order valence-electron chi connectivity index (χ3n) is 3.04. The van der Waals surface area contributed by atoms with Gasteiger partial charge in [-0.25, -0.2) is 4.79 Å². The van der Waals surface area contributed by atoms with Crippen LogP contribution in [0.15, 0.2) is 38.8 Å². The van der Waals surface area contributed by atoms with Gasteiger partial charge in [-0.2, -0.15) is 0 Å². The number of aromatic nitrogens is 2. The number of aromatic amines is 2. The SMILES string of the molecule is O=C(O)CCC(=O)Nc1ccccc1N=Cc1c(O)[nH]c(=O)[nH]c1=O. The predicted octanol–water partition coefficient (Wildman–Crippen LogP) is 0.323. The van der Waals surface area contributed by atoms with Crippen LogP contribution in [-0.2, 0) is 9.59 Å². The number of para-hydroxylation sites is 2. The fourth-order valence-corrected chi connectivity index (χ4v) is 1.86. The van der Waals surface area contributed by atoms with Gasteiger partial charge in [-0.1, -0.05) is 12.1 Å². The van der Waals surface area contributed by atoms with E-state index in [2.05, 4.69) is 10.3 Å². The van der Waals surface area contributed by atoms with Crippen molar-refractivity contribution in [3.63, 3.8) is 0 Å². The molecule has 0 unspecified atom stereocenters. The molecule has 1 aromatic heterocycles. The molecule has 10 heteroatoms. The zero-order valence-corrected chi connectivity index (χ0v) is 12.8. The van der Waals surface area contributed by atoms with Gasteiger partial charge >= 0.3 is 11.7 Å². The number of carboxylic acid groups (broad SMARTS) is 1. The minimum atomic E-state index is -1.09. The standard InChI is InChI=1S/C15H14N4O6/c20-11(5-6-12(21)22)17-10-4-2-1-3-9(10)16-7-8-13(23)18-15(25)19-14(8)24/h1-4,7H,5-6H2,(H,17,20)(H,21,22)(H3,18,19,23,24,25). The summed E-state index contributed by atoms with van der Waals surface area (Å²) >= 11 is 0. The lowest BCUT2D eigenvalue weighted by molar-refractivity contribution is -0.138. The van der Waals surface area contributed by atoms with Crippen molar-refractivity contribution >= 4 is 29.5 Å². The number of aromatic hydroxyl groups is 1. The highest BCUT2D eigenvalue weighted by Crippen LogP contribution is 2.24. The normalized spacial score (nSPS) is 10.7. The lowest BCUT2D eigenvalue weighted by atomic mass is 10.2. The van der Waals surface area contributed by atoms with Gasteiger partial charge in [-0.05, 0) is 12.1 Å². The first-order valence-electron chi connectivity index (χ1n) is 7.07. The molecule has 1 amide bonds. The zero-order valence-electron chi connectivity index (χ0n) is 12.8. The average Bonchev–Trinajstić information content (AvgIpc) is 2.53. The van der Waals surface area contributed by atoms with Crippen LogP contribution >= 0.6 is 0 Å². The molecule has 2 rings (SSSR count). The van der Waals surface area contributed by atoms with Gasteiger partial charge in [0.1, 0.15) is 5.56 Å². The Bertz CT molecular complexity index is 944. The molecule has 10 nitrogen and oxygen atoms in total. The van der Waals surface area contributed by atoms with Crippen molar-refractivity contribution in [2.75, 3.05) is 5.32 Å². The number of H-pyrrole nitrogens is 2. The van der Waals surface area contributed by atoms with E-state index < -0.39 is 29.0 Å². The van der Waals surface area contributed by atoms with E-state index in [0.29, 0.717) is 5.69 Å². The summed E-state index contributed by atoms with van der Waals surface area (Å²) in [5, 5.41) is 20.7. The average molecular weight is 346 g/mol. The minimum absolute atomic E-state index is 0.201. The highest BCUT2D eigenvalue weighted by atomic mass is 16.4. The molecule has 25 heavy (non-hydrogen) atoms. The number of carboxylic acids is 1. The zero-order chi connectivity index (χ0) is 18.4. The third-order valence-corrected chi connectivity index (χ3v) is 3.04. The number of hydrogen-bond acceptors (Lipinski definition) is 6. The number of anilines is 1. The number of hydrogen-bond donors (Lipinski definition) is 5. The molecule has 130 valence electrons. The number of amides is 1. The monoisotopic (exact) mass is 346 g/mol. The smallest absolute Gasteiger partial charge is 0.328 e. The largest absolute Gasteiger partial charge is 0.494 e. The van der Waals surface area contributed by atoms with E-state index in [1.165, 1.54) is 0 Å². The van der Waals surface area contributed by atoms with Crippen molar-refractivity contribution in [2.24, 2.45) is 4.99 Å². The molecule has 0 bridgehead atoms. The van der Waals surface area contributed by atoms with Crippen LogP contribution < -0.4 is 16.6 Å². The van der Waals surface area contributed by atoms with E-state index in [0.717, 1.165) is 6.21 Å². The van der Waals surface area contributed by atoms with E-state index in [9.17, 15) is 24.3 Å². The second kappa shape index (κ2) is 7.73. The molecule has 0 aliphatic carbocycles. The Hall–Kier alpha value is -3.69. The molecular weight excluding hydrogens is 332 g/mol. The van der Waals surface area contributed by atoms with E-state index in [1.54, 1.807) is 24.3 Å². The second-order valence-corrected chi connectivity index (χ2v) is 4.89. The van der Waals surface area contributed by atoms with E-state index in [1.807, 2.05) is 9.97 Å². The van der Waals surface area contributed by atoms with Crippen LogP contribution in [0.4, 0.5) is 11.4 Å². The van der Waals surface area contributed by atoms with Gasteiger partial charge in [0.2, 0.25) is 11.8 Å². The van der Waals surface area contributed by atoms with Gasteiger partial charge in [-0.15, -0.1) is 0 Å². The topological polar surface area (TPSA) is 165 Å². The molecule has 0 saturated carbocycles. The summed E-state index contributed by atoms with van der Waals surface area (Å²) in [5.74, 6) is -2.23. The summed E-state index contributed by atoms with van der Waals surface area (Å²) in [6, 6.07) is 6.36. The van der Waals surface area contributed by atoms with Crippen molar-refractivity contribution in [3.8, 4) is 5.88 Å². The number of rotatable bonds is 6. The van der Waals surface area contributed by atoms with Gasteiger partial charge in [-0.3, -0.25) is 29.3 Å². The first-order chi connectivity index (χ1) is 11.9. The maximum atomic E-state index is 11.7. The predicted molar refractivity (Wildman–Crippen MR) is 88.5 cm³/mol. The quantitative estimate of drug-likeness (QED) is 0.473. The van der Waals surface area contributed by atoms with Gasteiger partial charge in [0.15, 0.2) is 0 Å². The lowest BCUT2D eigenvalue weighted by Gasteiger charge is -2.07. The van der Waals surface area contributed by atoms with Crippen molar-refractivity contribution in [1.29, 1.82) is 0 Å². The van der Waals surface area contributed by atoms with Crippen LogP contribution in [-0.4, -0.2) is 38.3 Å². The molecule has 0 aliphatic heterocycles. The Morgan fingerprint density at radius 3 is 2.56 bits per heavy atom. The van der Waals surface area contributed by atoms with Gasteiger partial charge in [0, 0.05) is 12.6 Å². The molecule has 0 spiro atoms. The van der Waals surface area contributed by atoms with E-state index in [4.69, 9.17) is 5.11 Å². The maximum absolute atomic E-state index is 11.7. The number of nitrogens with one attached hydrogen (secondary N) is 3. The summed E-state index contributed by atoms with van der Waals surface area (Å²) in [4.78, 5) is 52.9. The highest BCUT2D eigenvalue weighted by Gasteiger charge is 2.09. The third kappa shape index (κ3) is 4.89. The van der Waals surface area contributed by atoms with Crippen molar-refractivity contribution < 1.29 is 19.8 Å². The number of carbonyl (C=O) groups excluding carboxylic acids is 1. The Kier molecular flexibility index (Phi) is 5.46. The Labute approximate surface area is 139 Å². The molecule has 0 atom stereocenters. The van der Waals surface area contributed by atoms with E-state index in [-0.39, 0.29) is 24.1 Å². The summed E-state index contributed by atoms with van der Waals surface area (Å²) in [5.41, 5.74) is -1.36. The Morgan fingerprint density at radius 2 is 1.88 bits per heavy atom. The number of aliphatic carboxylic acids is 1. The summed E-state index contributed by atoms with van der Waals surface area (Å²) in [6.45, 7) is 0. The van der Waals surface area contributed by atoms with Gasteiger partial charge in [0.25, 0.3) is 5.56 Å². The lowest BCUT2D eigenvalue weighted by Crippen LogP contribution is -2.24. The first-order valence-corrected chi connectivity index (χ1v) is 7.07. The van der Waals surface area contributed by atoms with Crippen molar-refractivity contribution in [1.82, 2.24) is 9.97 Å². The van der Waals surface area contributed by atoms with Gasteiger partial charge < -0.3 is 15.5 Å². The van der Waals surface area contributed by atoms with Crippen LogP contribution in [0.5, 0.6) is 5.88 Å². The van der Waals surface area contributed by atoms with Crippen molar-refractivity contribution in [3.05, 3.63) is 50.7 Å². The number of nitrogens with zero attached hydrogens (tertiary/aromatic N) is 1. The molecule has 0 fully saturated rings. The second-order valence-electron chi connectivity index (χ2n) is 4.89. The highest BCUT2D eigenvalue weighted by molar-refractivity contribution is 5.96. The first kappa shape index (κ1) is 17.7. The van der Waals surface area contributed by atoms with Crippen LogP contribution in [0.2, 0.25) is 0 Å². The maximum Gasteiger partial charge on any atom is 0.328 e. The fourth-order valence-electron chi connectivity index (χ4n) is 1.86. The summed E-state index contributed by atoms with van der Waals surface area (Å²) in [7, 11) is 0. The number of benzene rings is 1. The molecule has 1 aromatic carbocycles. The molecule has 1 heterocycles. The minimum Gasteiger partial charge on any atom is -0.494 e. The number of carbonyl (C=O) groups is 2. The van der Waals surface area contributed by atoms with Gasteiger partial charge in [0.05, 0.1) is 17.8 Å². The van der Waals surface area contributed by atoms with Crippen LogP contribution in [0.3, 0.4) is 0 Å². The van der Waals surface area contributed by atoms with Crippen molar-refractivity contribution in [2.45, 2.75) is 12.8 Å². The fraction of sp³-hybridized carbons (Fsp3) is 0.133. The molecule has 0 radical (unpaired) electrons. The van der Waals surface area contributed by atoms with Crippen LogP contribution in [0.25, 0.3) is 0 Å². The van der Waals surface area contributed by atoms with E-state index >= 15 is 0 Å². The summed E-state index contributed by atoms with van der Waals surface area (Å²) in [6.07, 6.45) is 0.526. The van der Waals surface area contributed by atoms with Crippen LogP contribution in [0, 0.1) is 0 Å². The molecule has 5 N–H and O–H groups in total.